The molecule has 1 aliphatic rings. The summed E-state index contributed by atoms with van der Waals surface area (Å²) < 4.78 is 5.43. The molecule has 0 aliphatic carbocycles. The number of phenolic OH excluding ortho intramolecular Hbond substituents is 1. The second kappa shape index (κ2) is 6.86. The van der Waals surface area contributed by atoms with Gasteiger partial charge in [-0.2, -0.15) is 0 Å². The molecule has 6 nitrogen and oxygen atoms in total. The molecule has 1 aromatic heterocycles. The zero-order valence-corrected chi connectivity index (χ0v) is 15.0. The zero-order valence-electron chi connectivity index (χ0n) is 15.0. The highest BCUT2D eigenvalue weighted by atomic mass is 16.6. The van der Waals surface area contributed by atoms with Crippen molar-refractivity contribution in [3.8, 4) is 5.75 Å². The maximum atomic E-state index is 12.1. The quantitative estimate of drug-likeness (QED) is 0.903. The summed E-state index contributed by atoms with van der Waals surface area (Å²) >= 11 is 0. The number of amides is 1. The van der Waals surface area contributed by atoms with Gasteiger partial charge in [-0.25, -0.2) is 9.78 Å². The van der Waals surface area contributed by atoms with Crippen LogP contribution in [-0.2, 0) is 11.2 Å². The summed E-state index contributed by atoms with van der Waals surface area (Å²) in [5, 5.41) is 9.59. The summed E-state index contributed by atoms with van der Waals surface area (Å²) in [6.07, 6.45) is 4.27. The molecule has 0 atom stereocenters. The van der Waals surface area contributed by atoms with E-state index in [1.165, 1.54) is 0 Å². The first-order valence-electron chi connectivity index (χ1n) is 8.73. The minimum atomic E-state index is -0.458. The van der Waals surface area contributed by atoms with Crippen LogP contribution in [0.15, 0.2) is 24.4 Å². The van der Waals surface area contributed by atoms with Crippen molar-refractivity contribution in [2.75, 3.05) is 13.1 Å². The van der Waals surface area contributed by atoms with Gasteiger partial charge in [0.2, 0.25) is 0 Å². The molecule has 2 aromatic rings. The van der Waals surface area contributed by atoms with E-state index in [9.17, 15) is 9.90 Å². The van der Waals surface area contributed by atoms with E-state index < -0.39 is 5.60 Å². The monoisotopic (exact) mass is 343 g/mol. The van der Waals surface area contributed by atoms with Crippen LogP contribution in [0.1, 0.15) is 39.3 Å². The molecular formula is C19H25N3O3. The Bertz CT molecular complexity index is 762. The summed E-state index contributed by atoms with van der Waals surface area (Å²) in [5.74, 6) is 0.673. The van der Waals surface area contributed by atoms with E-state index in [4.69, 9.17) is 4.74 Å². The Kier molecular flexibility index (Phi) is 4.79. The van der Waals surface area contributed by atoms with Gasteiger partial charge in [0.1, 0.15) is 11.4 Å². The lowest BCUT2D eigenvalue weighted by atomic mass is 9.92. The number of phenols is 1. The minimum Gasteiger partial charge on any atom is -0.508 e. The normalized spacial score (nSPS) is 16.2. The van der Waals surface area contributed by atoms with Crippen molar-refractivity contribution in [2.45, 2.75) is 45.6 Å². The van der Waals surface area contributed by atoms with Crippen molar-refractivity contribution in [3.63, 3.8) is 0 Å². The molecule has 6 heteroatoms. The second-order valence-corrected chi connectivity index (χ2v) is 7.65. The summed E-state index contributed by atoms with van der Waals surface area (Å²) in [6.45, 7) is 7.07. The third-order valence-electron chi connectivity index (χ3n) is 4.34. The number of likely N-dealkylation sites (tertiary alicyclic amines) is 1. The number of hydrogen-bond acceptors (Lipinski definition) is 5. The standard InChI is InChI=1S/C19H25N3O3/c1-19(2,3)25-18(24)22-8-6-13(7-9-22)10-14-12-20-16-5-4-15(23)11-17(16)21-14/h4-5,11-13,23H,6-10H2,1-3H3. The van der Waals surface area contributed by atoms with Gasteiger partial charge in [0.15, 0.2) is 0 Å². The van der Waals surface area contributed by atoms with Gasteiger partial charge in [-0.1, -0.05) is 0 Å². The molecule has 0 unspecified atom stereocenters. The maximum Gasteiger partial charge on any atom is 0.410 e. The van der Waals surface area contributed by atoms with E-state index in [0.29, 0.717) is 24.5 Å². The number of carbonyl (C=O) groups excluding carboxylic acids is 1. The van der Waals surface area contributed by atoms with E-state index in [-0.39, 0.29) is 11.8 Å². The van der Waals surface area contributed by atoms with E-state index >= 15 is 0 Å². The fourth-order valence-corrected chi connectivity index (χ4v) is 3.08. The highest BCUT2D eigenvalue weighted by Gasteiger charge is 2.27. The van der Waals surface area contributed by atoms with E-state index in [1.807, 2.05) is 20.8 Å². The largest absolute Gasteiger partial charge is 0.508 e. The first kappa shape index (κ1) is 17.5. The number of rotatable bonds is 2. The number of aromatic nitrogens is 2. The minimum absolute atomic E-state index is 0.199. The molecule has 1 amide bonds. The van der Waals surface area contributed by atoms with Crippen LogP contribution in [0.2, 0.25) is 0 Å². The first-order valence-corrected chi connectivity index (χ1v) is 8.73. The molecule has 1 fully saturated rings. The van der Waals surface area contributed by atoms with Crippen molar-refractivity contribution < 1.29 is 14.6 Å². The van der Waals surface area contributed by atoms with Gasteiger partial charge >= 0.3 is 6.09 Å². The molecule has 1 N–H and O–H groups in total. The molecule has 2 heterocycles. The second-order valence-electron chi connectivity index (χ2n) is 7.65. The lowest BCUT2D eigenvalue weighted by Crippen LogP contribution is -2.42. The predicted octanol–water partition coefficient (Wildman–Crippen LogP) is 3.53. The zero-order chi connectivity index (χ0) is 18.0. The third-order valence-corrected chi connectivity index (χ3v) is 4.34. The SMILES string of the molecule is CC(C)(C)OC(=O)N1CCC(Cc2cnc3ccc(O)cc3n2)CC1. The van der Waals surface area contributed by atoms with Crippen molar-refractivity contribution in [3.05, 3.63) is 30.1 Å². The van der Waals surface area contributed by atoms with Gasteiger partial charge in [-0.05, 0) is 58.1 Å². The van der Waals surface area contributed by atoms with Gasteiger partial charge in [0, 0.05) is 25.4 Å². The Morgan fingerprint density at radius 1 is 1.28 bits per heavy atom. The highest BCUT2D eigenvalue weighted by molar-refractivity contribution is 5.75. The van der Waals surface area contributed by atoms with Crippen LogP contribution in [0.4, 0.5) is 4.79 Å². The first-order chi connectivity index (χ1) is 11.8. The molecule has 0 radical (unpaired) electrons. The number of aromatic hydroxyl groups is 1. The van der Waals surface area contributed by atoms with E-state index in [0.717, 1.165) is 30.5 Å². The van der Waals surface area contributed by atoms with Crippen LogP contribution < -0.4 is 0 Å². The van der Waals surface area contributed by atoms with Gasteiger partial charge in [-0.3, -0.25) is 4.98 Å². The Morgan fingerprint density at radius 2 is 2.00 bits per heavy atom. The Hall–Kier alpha value is -2.37. The number of carbonyl (C=O) groups is 1. The third kappa shape index (κ3) is 4.59. The average Bonchev–Trinajstić information content (AvgIpc) is 2.53. The van der Waals surface area contributed by atoms with Crippen molar-refractivity contribution >= 4 is 17.1 Å². The predicted molar refractivity (Wildman–Crippen MR) is 95.4 cm³/mol. The van der Waals surface area contributed by atoms with Crippen LogP contribution in [0.25, 0.3) is 11.0 Å². The molecule has 1 aromatic carbocycles. The lowest BCUT2D eigenvalue weighted by molar-refractivity contribution is 0.0184. The molecule has 0 bridgehead atoms. The summed E-state index contributed by atoms with van der Waals surface area (Å²) in [4.78, 5) is 22.9. The number of hydrogen-bond donors (Lipinski definition) is 1. The molecule has 1 saturated heterocycles. The number of piperidine rings is 1. The maximum absolute atomic E-state index is 12.1. The molecule has 1 aliphatic heterocycles. The summed E-state index contributed by atoms with van der Waals surface area (Å²) in [5.41, 5.74) is 1.96. The molecular weight excluding hydrogens is 318 g/mol. The molecule has 134 valence electrons. The number of benzene rings is 1. The lowest BCUT2D eigenvalue weighted by Gasteiger charge is -2.33. The van der Waals surface area contributed by atoms with Crippen molar-refractivity contribution in [1.82, 2.24) is 14.9 Å². The molecule has 0 saturated carbocycles. The fraction of sp³-hybridized carbons (Fsp3) is 0.526. The highest BCUT2D eigenvalue weighted by Crippen LogP contribution is 2.23. The average molecular weight is 343 g/mol. The molecule has 25 heavy (non-hydrogen) atoms. The Labute approximate surface area is 147 Å². The van der Waals surface area contributed by atoms with Crippen LogP contribution in [0.3, 0.4) is 0 Å². The smallest absolute Gasteiger partial charge is 0.410 e. The van der Waals surface area contributed by atoms with Gasteiger partial charge < -0.3 is 14.7 Å². The van der Waals surface area contributed by atoms with E-state index in [2.05, 4.69) is 9.97 Å². The van der Waals surface area contributed by atoms with Crippen molar-refractivity contribution in [2.24, 2.45) is 5.92 Å². The van der Waals surface area contributed by atoms with Gasteiger partial charge in [0.25, 0.3) is 0 Å². The Morgan fingerprint density at radius 3 is 2.68 bits per heavy atom. The topological polar surface area (TPSA) is 75.5 Å². The van der Waals surface area contributed by atoms with Crippen LogP contribution >= 0.6 is 0 Å². The Balaban J connectivity index is 1.58. The number of nitrogens with zero attached hydrogens (tertiary/aromatic N) is 3. The van der Waals surface area contributed by atoms with Crippen LogP contribution in [-0.4, -0.2) is 44.8 Å². The van der Waals surface area contributed by atoms with Gasteiger partial charge in [0.05, 0.1) is 16.7 Å². The van der Waals surface area contributed by atoms with Crippen LogP contribution in [0.5, 0.6) is 5.75 Å². The fourth-order valence-electron chi connectivity index (χ4n) is 3.08. The van der Waals surface area contributed by atoms with E-state index in [1.54, 1.807) is 29.3 Å². The molecule has 3 rings (SSSR count). The van der Waals surface area contributed by atoms with Gasteiger partial charge in [-0.15, -0.1) is 0 Å². The number of fused-ring (bicyclic) bond motifs is 1. The van der Waals surface area contributed by atoms with Crippen LogP contribution in [0, 0.1) is 5.92 Å². The summed E-state index contributed by atoms with van der Waals surface area (Å²) in [6, 6.07) is 5.01. The molecule has 0 spiro atoms. The number of ether oxygens (including phenoxy) is 1. The van der Waals surface area contributed by atoms with Crippen molar-refractivity contribution in [1.29, 1.82) is 0 Å². The summed E-state index contributed by atoms with van der Waals surface area (Å²) in [7, 11) is 0.